The molecule has 4 rings (SSSR count). The molecule has 1 aliphatic heterocycles. The summed E-state index contributed by atoms with van der Waals surface area (Å²) in [7, 11) is 2.04. The summed E-state index contributed by atoms with van der Waals surface area (Å²) in [5.74, 6) is 1.01. The van der Waals surface area contributed by atoms with Gasteiger partial charge in [0, 0.05) is 13.6 Å². The van der Waals surface area contributed by atoms with Gasteiger partial charge in [0.2, 0.25) is 0 Å². The molecule has 1 fully saturated rings. The van der Waals surface area contributed by atoms with Gasteiger partial charge in [-0.1, -0.05) is 12.1 Å². The number of fused-ring (bicyclic) bond motifs is 1. The lowest BCUT2D eigenvalue weighted by atomic mass is 9.90. The lowest BCUT2D eigenvalue weighted by molar-refractivity contribution is -0.0421. The molecule has 120 valence electrons. The molecule has 0 aliphatic carbocycles. The average molecular weight is 312 g/mol. The van der Waals surface area contributed by atoms with Gasteiger partial charge >= 0.3 is 0 Å². The topological polar surface area (TPSA) is 82.9 Å². The summed E-state index contributed by atoms with van der Waals surface area (Å²) in [6.07, 6.45) is 3.24. The quantitative estimate of drug-likeness (QED) is 0.759. The van der Waals surface area contributed by atoms with E-state index < -0.39 is 5.60 Å². The van der Waals surface area contributed by atoms with Gasteiger partial charge in [-0.3, -0.25) is 4.90 Å². The number of imidazole rings is 1. The number of rotatable bonds is 3. The van der Waals surface area contributed by atoms with Crippen molar-refractivity contribution in [2.75, 3.05) is 13.1 Å². The number of nitrogens with zero attached hydrogens (tertiary/aromatic N) is 5. The molecular formula is C16H20N6O. The second-order valence-electron chi connectivity index (χ2n) is 6.28. The van der Waals surface area contributed by atoms with Crippen LogP contribution in [0, 0.1) is 0 Å². The Morgan fingerprint density at radius 1 is 1.35 bits per heavy atom. The summed E-state index contributed by atoms with van der Waals surface area (Å²) in [5.41, 5.74) is 1.82. The molecule has 0 bridgehead atoms. The smallest absolute Gasteiger partial charge is 0.123 e. The molecule has 0 unspecified atom stereocenters. The highest BCUT2D eigenvalue weighted by atomic mass is 16.3. The van der Waals surface area contributed by atoms with Crippen molar-refractivity contribution in [1.29, 1.82) is 0 Å². The molecule has 1 atom stereocenters. The van der Waals surface area contributed by atoms with Crippen molar-refractivity contribution in [3.05, 3.63) is 42.0 Å². The molecule has 3 heterocycles. The zero-order chi connectivity index (χ0) is 15.9. The van der Waals surface area contributed by atoms with Crippen molar-refractivity contribution in [3.8, 4) is 0 Å². The van der Waals surface area contributed by atoms with E-state index in [0.717, 1.165) is 29.8 Å². The van der Waals surface area contributed by atoms with Gasteiger partial charge < -0.3 is 9.67 Å². The number of aryl methyl sites for hydroxylation is 1. The van der Waals surface area contributed by atoms with Crippen molar-refractivity contribution in [2.45, 2.75) is 25.0 Å². The minimum absolute atomic E-state index is 0.544. The van der Waals surface area contributed by atoms with Crippen molar-refractivity contribution in [2.24, 2.45) is 7.05 Å². The molecule has 2 aromatic heterocycles. The first-order chi connectivity index (χ1) is 11.2. The van der Waals surface area contributed by atoms with E-state index in [1.807, 2.05) is 25.2 Å². The Hall–Kier alpha value is -2.25. The first-order valence-corrected chi connectivity index (χ1v) is 7.87. The first-order valence-electron chi connectivity index (χ1n) is 7.87. The molecule has 0 spiro atoms. The van der Waals surface area contributed by atoms with E-state index in [9.17, 15) is 5.11 Å². The minimum Gasteiger partial charge on any atom is -0.382 e. The highest BCUT2D eigenvalue weighted by Crippen LogP contribution is 2.30. The van der Waals surface area contributed by atoms with Crippen LogP contribution in [0.3, 0.4) is 0 Å². The third-order valence-electron chi connectivity index (χ3n) is 4.69. The molecule has 1 aromatic carbocycles. The van der Waals surface area contributed by atoms with E-state index in [-0.39, 0.29) is 0 Å². The number of benzene rings is 1. The number of piperidine rings is 1. The number of aromatic amines is 1. The molecule has 1 saturated heterocycles. The van der Waals surface area contributed by atoms with Crippen LogP contribution >= 0.6 is 0 Å². The number of hydrogen-bond donors (Lipinski definition) is 2. The second kappa shape index (κ2) is 5.43. The highest BCUT2D eigenvalue weighted by Gasteiger charge is 2.37. The minimum atomic E-state index is -0.935. The number of aromatic nitrogens is 5. The third kappa shape index (κ3) is 2.51. The molecule has 2 N–H and O–H groups in total. The van der Waals surface area contributed by atoms with Crippen LogP contribution in [0.25, 0.3) is 11.0 Å². The number of para-hydroxylation sites is 2. The van der Waals surface area contributed by atoms with Crippen LogP contribution in [0.2, 0.25) is 0 Å². The summed E-state index contributed by atoms with van der Waals surface area (Å²) in [6, 6.07) is 8.13. The van der Waals surface area contributed by atoms with Gasteiger partial charge in [-0.2, -0.15) is 15.4 Å². The van der Waals surface area contributed by atoms with Crippen LogP contribution in [0.4, 0.5) is 0 Å². The van der Waals surface area contributed by atoms with Gasteiger partial charge in [-0.05, 0) is 31.5 Å². The largest absolute Gasteiger partial charge is 0.382 e. The molecule has 0 radical (unpaired) electrons. The fourth-order valence-electron chi connectivity index (χ4n) is 3.43. The number of hydrogen-bond acceptors (Lipinski definition) is 5. The number of likely N-dealkylation sites (tertiary alicyclic amines) is 1. The summed E-state index contributed by atoms with van der Waals surface area (Å²) in [4.78, 5) is 6.96. The monoisotopic (exact) mass is 312 g/mol. The molecule has 0 saturated carbocycles. The predicted molar refractivity (Wildman–Crippen MR) is 85.5 cm³/mol. The third-order valence-corrected chi connectivity index (χ3v) is 4.69. The lowest BCUT2D eigenvalue weighted by Gasteiger charge is -2.37. The second-order valence-corrected chi connectivity index (χ2v) is 6.28. The fourth-order valence-corrected chi connectivity index (χ4v) is 3.43. The van der Waals surface area contributed by atoms with Crippen LogP contribution in [-0.4, -0.2) is 48.1 Å². The van der Waals surface area contributed by atoms with E-state index in [1.54, 1.807) is 6.20 Å². The van der Waals surface area contributed by atoms with Gasteiger partial charge in [0.15, 0.2) is 0 Å². The number of nitrogens with one attached hydrogen (secondary N) is 1. The summed E-state index contributed by atoms with van der Waals surface area (Å²) in [5, 5.41) is 21.4. The summed E-state index contributed by atoms with van der Waals surface area (Å²) >= 11 is 0. The molecule has 7 nitrogen and oxygen atoms in total. The van der Waals surface area contributed by atoms with Crippen molar-refractivity contribution in [1.82, 2.24) is 29.9 Å². The van der Waals surface area contributed by atoms with Gasteiger partial charge in [0.25, 0.3) is 0 Å². The van der Waals surface area contributed by atoms with Crippen LogP contribution in [-0.2, 0) is 19.2 Å². The molecular weight excluding hydrogens is 292 g/mol. The predicted octanol–water partition coefficient (Wildman–Crippen LogP) is 1.17. The van der Waals surface area contributed by atoms with Crippen LogP contribution in [0.15, 0.2) is 30.5 Å². The van der Waals surface area contributed by atoms with E-state index in [0.29, 0.717) is 25.2 Å². The zero-order valence-electron chi connectivity index (χ0n) is 13.1. The van der Waals surface area contributed by atoms with Crippen LogP contribution < -0.4 is 0 Å². The Kier molecular flexibility index (Phi) is 3.39. The Balaban J connectivity index is 1.57. The van der Waals surface area contributed by atoms with Gasteiger partial charge in [-0.25, -0.2) is 4.98 Å². The zero-order valence-corrected chi connectivity index (χ0v) is 13.1. The SMILES string of the molecule is Cn1c(CN2CCC[C@@](O)(c3cn[nH]n3)C2)nc2ccccc21. The molecule has 23 heavy (non-hydrogen) atoms. The summed E-state index contributed by atoms with van der Waals surface area (Å²) in [6.45, 7) is 2.21. The van der Waals surface area contributed by atoms with Gasteiger partial charge in [-0.15, -0.1) is 0 Å². The van der Waals surface area contributed by atoms with Crippen LogP contribution in [0.1, 0.15) is 24.4 Å². The normalized spacial score (nSPS) is 22.7. The van der Waals surface area contributed by atoms with E-state index >= 15 is 0 Å². The maximum Gasteiger partial charge on any atom is 0.123 e. The average Bonchev–Trinajstić information content (AvgIpc) is 3.18. The lowest BCUT2D eigenvalue weighted by Crippen LogP contribution is -2.46. The van der Waals surface area contributed by atoms with Crippen molar-refractivity contribution >= 4 is 11.0 Å². The Morgan fingerprint density at radius 3 is 3.00 bits per heavy atom. The fraction of sp³-hybridized carbons (Fsp3) is 0.438. The van der Waals surface area contributed by atoms with Gasteiger partial charge in [0.05, 0.1) is 23.8 Å². The van der Waals surface area contributed by atoms with E-state index in [4.69, 9.17) is 4.98 Å². The Bertz CT molecular complexity index is 811. The van der Waals surface area contributed by atoms with E-state index in [2.05, 4.69) is 30.9 Å². The Morgan fingerprint density at radius 2 is 2.22 bits per heavy atom. The van der Waals surface area contributed by atoms with Crippen LogP contribution in [0.5, 0.6) is 0 Å². The molecule has 3 aromatic rings. The standard InChI is InChI=1S/C16H20N6O/c1-21-13-6-3-2-5-12(13)18-15(21)10-22-8-4-7-16(23,11-22)14-9-17-20-19-14/h2-3,5-6,9,23H,4,7-8,10-11H2,1H3,(H,17,19,20)/t16-/m0/s1. The summed E-state index contributed by atoms with van der Waals surface area (Å²) < 4.78 is 2.12. The maximum atomic E-state index is 10.9. The first kappa shape index (κ1) is 14.3. The van der Waals surface area contributed by atoms with E-state index in [1.165, 1.54) is 0 Å². The number of β-amino-alcohol motifs (C(OH)–C–C–N with tert-alkyl or cyclic N) is 1. The maximum absolute atomic E-state index is 10.9. The molecule has 0 amide bonds. The van der Waals surface area contributed by atoms with Gasteiger partial charge in [0.1, 0.15) is 17.1 Å². The number of H-pyrrole nitrogens is 1. The highest BCUT2D eigenvalue weighted by molar-refractivity contribution is 5.75. The number of aliphatic hydroxyl groups is 1. The molecule has 1 aliphatic rings. The molecule has 7 heteroatoms. The van der Waals surface area contributed by atoms with Crippen molar-refractivity contribution in [3.63, 3.8) is 0 Å². The van der Waals surface area contributed by atoms with Crippen molar-refractivity contribution < 1.29 is 5.11 Å². The Labute approximate surface area is 133 Å².